The van der Waals surface area contributed by atoms with Crippen molar-refractivity contribution in [2.75, 3.05) is 0 Å². The van der Waals surface area contributed by atoms with Crippen LogP contribution in [0.3, 0.4) is 0 Å². The molecule has 0 radical (unpaired) electrons. The van der Waals surface area contributed by atoms with Gasteiger partial charge in [0.15, 0.2) is 0 Å². The van der Waals surface area contributed by atoms with Crippen molar-refractivity contribution in [1.82, 2.24) is 0 Å². The lowest BCUT2D eigenvalue weighted by Crippen LogP contribution is -2.12. The van der Waals surface area contributed by atoms with E-state index < -0.39 is 0 Å². The maximum Gasteiger partial charge on any atom is -0.0391 e. The van der Waals surface area contributed by atoms with Crippen molar-refractivity contribution in [2.45, 2.75) is 214 Å². The highest BCUT2D eigenvalue weighted by molar-refractivity contribution is 4.73. The van der Waals surface area contributed by atoms with E-state index in [1.54, 1.807) is 0 Å². The summed E-state index contributed by atoms with van der Waals surface area (Å²) >= 11 is 0. The lowest BCUT2D eigenvalue weighted by Gasteiger charge is -2.24. The van der Waals surface area contributed by atoms with Crippen molar-refractivity contribution < 1.29 is 0 Å². The van der Waals surface area contributed by atoms with Crippen LogP contribution in [0.15, 0.2) is 0 Å². The van der Waals surface area contributed by atoms with Crippen LogP contribution in [-0.2, 0) is 0 Å². The predicted octanol–water partition coefficient (Wildman–Crippen LogP) is 15.9. The minimum absolute atomic E-state index is 0.852. The van der Waals surface area contributed by atoms with E-state index in [9.17, 15) is 0 Å². The fourth-order valence-corrected chi connectivity index (χ4v) is 5.56. The maximum atomic E-state index is 2.36. The van der Waals surface area contributed by atoms with Gasteiger partial charge in [-0.05, 0) is 77.9 Å². The molecule has 3 fully saturated rings. The molecule has 0 heterocycles. The molecule has 0 aromatic carbocycles. The first-order chi connectivity index (χ1) is 19.9. The summed E-state index contributed by atoms with van der Waals surface area (Å²) in [5.74, 6) is 10.4. The van der Waals surface area contributed by atoms with Gasteiger partial charge in [-0.2, -0.15) is 0 Å². The Morgan fingerprint density at radius 3 is 0.791 bits per heavy atom. The molecule has 0 bridgehead atoms. The highest BCUT2D eigenvalue weighted by Crippen LogP contribution is 2.35. The van der Waals surface area contributed by atoms with E-state index >= 15 is 0 Å². The van der Waals surface area contributed by atoms with Gasteiger partial charge in [-0.1, -0.05) is 201 Å². The molecule has 0 spiro atoms. The van der Waals surface area contributed by atoms with Gasteiger partial charge in [-0.25, -0.2) is 0 Å². The third-order valence-corrected chi connectivity index (χ3v) is 9.78. The summed E-state index contributed by atoms with van der Waals surface area (Å²) in [7, 11) is 0. The Balaban J connectivity index is -0.000000452. The number of hydrogen-bond donors (Lipinski definition) is 0. The van der Waals surface area contributed by atoms with Crippen molar-refractivity contribution >= 4 is 0 Å². The van der Waals surface area contributed by atoms with Gasteiger partial charge in [0.1, 0.15) is 0 Å². The van der Waals surface area contributed by atoms with Crippen LogP contribution < -0.4 is 0 Å². The fourth-order valence-electron chi connectivity index (χ4n) is 5.56. The highest BCUT2D eigenvalue weighted by Gasteiger charge is 2.21. The summed E-state index contributed by atoms with van der Waals surface area (Å²) in [6.07, 6.45) is 22.1. The minimum Gasteiger partial charge on any atom is -0.0651 e. The van der Waals surface area contributed by atoms with Crippen LogP contribution >= 0.6 is 0 Å². The summed E-state index contributed by atoms with van der Waals surface area (Å²) in [5.41, 5.74) is 0. The van der Waals surface area contributed by atoms with E-state index in [1.807, 2.05) is 0 Å². The van der Waals surface area contributed by atoms with Gasteiger partial charge in [-0.3, -0.25) is 0 Å². The van der Waals surface area contributed by atoms with Crippen molar-refractivity contribution in [1.29, 1.82) is 0 Å². The molecule has 0 unspecified atom stereocenters. The van der Waals surface area contributed by atoms with Crippen LogP contribution in [-0.4, -0.2) is 0 Å². The normalized spacial score (nSPS) is 17.5. The molecule has 0 N–H and O–H groups in total. The SMILES string of the molecule is CC(C)C(C)C.CC(C)C1CCCCC1.CC(C)C1CCCCC1.CC(C)CC(C)C.CC(C)CC1CC1.CCC(C)C. The first-order valence-electron chi connectivity index (χ1n) is 19.9. The van der Waals surface area contributed by atoms with Gasteiger partial charge in [0, 0.05) is 0 Å². The Bertz CT molecular complexity index is 460. The van der Waals surface area contributed by atoms with Crippen LogP contribution in [0.1, 0.15) is 214 Å². The Morgan fingerprint density at radius 1 is 0.395 bits per heavy atom. The Hall–Kier alpha value is 0. The summed E-state index contributed by atoms with van der Waals surface area (Å²) in [6.45, 7) is 38.7. The second-order valence-corrected chi connectivity index (χ2v) is 17.7. The van der Waals surface area contributed by atoms with E-state index in [1.165, 1.54) is 96.3 Å². The van der Waals surface area contributed by atoms with Crippen molar-refractivity contribution in [3.63, 3.8) is 0 Å². The van der Waals surface area contributed by atoms with Crippen molar-refractivity contribution in [3.05, 3.63) is 0 Å². The van der Waals surface area contributed by atoms with Crippen LogP contribution in [0, 0.1) is 65.1 Å². The van der Waals surface area contributed by atoms with Gasteiger partial charge in [0.2, 0.25) is 0 Å². The molecule has 0 nitrogen and oxygen atoms in total. The van der Waals surface area contributed by atoms with Gasteiger partial charge < -0.3 is 0 Å². The van der Waals surface area contributed by atoms with Crippen LogP contribution in [0.2, 0.25) is 0 Å². The first-order valence-corrected chi connectivity index (χ1v) is 19.9. The van der Waals surface area contributed by atoms with Crippen LogP contribution in [0.4, 0.5) is 0 Å². The molecule has 264 valence electrons. The van der Waals surface area contributed by atoms with Gasteiger partial charge >= 0.3 is 0 Å². The topological polar surface area (TPSA) is 0 Å². The summed E-state index contributed by atoms with van der Waals surface area (Å²) in [4.78, 5) is 0. The smallest absolute Gasteiger partial charge is 0.0391 e. The Morgan fingerprint density at radius 2 is 0.698 bits per heavy atom. The Labute approximate surface area is 278 Å². The molecule has 0 aromatic heterocycles. The van der Waals surface area contributed by atoms with E-state index in [2.05, 4.69) is 118 Å². The molecule has 0 saturated heterocycles. The van der Waals surface area contributed by atoms with E-state index in [0.717, 1.165) is 65.1 Å². The van der Waals surface area contributed by atoms with E-state index in [-0.39, 0.29) is 0 Å². The molecule has 3 aliphatic rings. The largest absolute Gasteiger partial charge is 0.0651 e. The number of rotatable bonds is 8. The quantitative estimate of drug-likeness (QED) is 0.257. The second-order valence-electron chi connectivity index (χ2n) is 17.7. The summed E-state index contributed by atoms with van der Waals surface area (Å²) < 4.78 is 0. The van der Waals surface area contributed by atoms with Gasteiger partial charge in [0.05, 0.1) is 0 Å². The molecule has 3 aliphatic carbocycles. The third-order valence-electron chi connectivity index (χ3n) is 9.78. The molecular formula is C43H92. The standard InChI is InChI=1S/2C9H18.C7H14.C7H16.C6H14.C5H12/c2*1-8(2)9-6-4-3-5-7-9;1-6(2)5-7-3-4-7;1-6(2)5-7(3)4;1-5(2)6(3)4;1-4-5(2)3/h2*8-9H,3-7H2,1-2H3;6-7H,3-5H2,1-2H3;6-7H,5H2,1-4H3;5-6H,1-4H3;5H,4H2,1-3H3. The van der Waals surface area contributed by atoms with Crippen LogP contribution in [0.25, 0.3) is 0 Å². The van der Waals surface area contributed by atoms with Gasteiger partial charge in [0.25, 0.3) is 0 Å². The van der Waals surface area contributed by atoms with Gasteiger partial charge in [-0.15, -0.1) is 0 Å². The lowest BCUT2D eigenvalue weighted by atomic mass is 9.82. The predicted molar refractivity (Wildman–Crippen MR) is 204 cm³/mol. The highest BCUT2D eigenvalue weighted by atomic mass is 14.3. The van der Waals surface area contributed by atoms with Crippen molar-refractivity contribution in [2.24, 2.45) is 65.1 Å². The molecule has 0 atom stereocenters. The monoisotopic (exact) mass is 609 g/mol. The molecule has 0 amide bonds. The zero-order chi connectivity index (χ0) is 34.0. The average Bonchev–Trinajstić information content (AvgIpc) is 3.74. The first kappa shape index (κ1) is 47.4. The molecule has 43 heavy (non-hydrogen) atoms. The third kappa shape index (κ3) is 40.0. The molecule has 3 rings (SSSR count). The van der Waals surface area contributed by atoms with E-state index in [0.29, 0.717) is 0 Å². The lowest BCUT2D eigenvalue weighted by molar-refractivity contribution is 0.279. The molecule has 0 aliphatic heterocycles. The average molecular weight is 609 g/mol. The second kappa shape index (κ2) is 30.6. The summed E-state index contributed by atoms with van der Waals surface area (Å²) in [5, 5.41) is 0. The molecule has 3 saturated carbocycles. The molecule has 0 heteroatoms. The van der Waals surface area contributed by atoms with E-state index in [4.69, 9.17) is 0 Å². The zero-order valence-corrected chi connectivity index (χ0v) is 34.0. The zero-order valence-electron chi connectivity index (χ0n) is 34.0. The number of hydrogen-bond acceptors (Lipinski definition) is 0. The summed E-state index contributed by atoms with van der Waals surface area (Å²) in [6, 6.07) is 0. The van der Waals surface area contributed by atoms with Crippen molar-refractivity contribution in [3.8, 4) is 0 Å². The maximum absolute atomic E-state index is 2.36. The minimum atomic E-state index is 0.852. The van der Waals surface area contributed by atoms with Crippen LogP contribution in [0.5, 0.6) is 0 Å². The molecule has 0 aromatic rings. The Kier molecular flexibility index (Phi) is 33.8. The molecular weight excluding hydrogens is 516 g/mol. The fraction of sp³-hybridized carbons (Fsp3) is 1.00.